The van der Waals surface area contributed by atoms with Crippen molar-refractivity contribution in [2.75, 3.05) is 5.32 Å². The van der Waals surface area contributed by atoms with Crippen LogP contribution in [0.1, 0.15) is 43.9 Å². The largest absolute Gasteiger partial charge is 0.381 e. The number of amides is 1. The Balaban J connectivity index is 0.00000109. The van der Waals surface area contributed by atoms with Gasteiger partial charge < -0.3 is 11.1 Å². The third-order valence-corrected chi connectivity index (χ3v) is 4.24. The first-order valence-electron chi connectivity index (χ1n) is 8.76. The molecule has 0 saturated carbocycles. The first-order chi connectivity index (χ1) is 12.1. The van der Waals surface area contributed by atoms with Crippen LogP contribution in [0.3, 0.4) is 0 Å². The van der Waals surface area contributed by atoms with Gasteiger partial charge in [-0.05, 0) is 36.6 Å². The Hall–Kier alpha value is -2.40. The second-order valence-electron chi connectivity index (χ2n) is 5.82. The molecule has 1 heterocycles. The summed E-state index contributed by atoms with van der Waals surface area (Å²) in [6.45, 7) is 4.44. The van der Waals surface area contributed by atoms with E-state index in [-0.39, 0.29) is 23.8 Å². The van der Waals surface area contributed by atoms with Gasteiger partial charge in [0.25, 0.3) is 0 Å². The van der Waals surface area contributed by atoms with Crippen molar-refractivity contribution in [1.82, 2.24) is 5.32 Å². The van der Waals surface area contributed by atoms with Gasteiger partial charge in [-0.2, -0.15) is 0 Å². The molecule has 1 amide bonds. The number of halogens is 1. The minimum Gasteiger partial charge on any atom is -0.381 e. The van der Waals surface area contributed by atoms with E-state index in [1.165, 1.54) is 6.07 Å². The second kappa shape index (κ2) is 9.18. The van der Waals surface area contributed by atoms with Crippen LogP contribution in [0.4, 0.5) is 10.1 Å². The van der Waals surface area contributed by atoms with Crippen molar-refractivity contribution in [3.8, 4) is 0 Å². The highest BCUT2D eigenvalue weighted by molar-refractivity contribution is 5.80. The smallest absolute Gasteiger partial charge is 0.234 e. The normalized spacial score (nSPS) is 19.0. The summed E-state index contributed by atoms with van der Waals surface area (Å²) in [7, 11) is 0. The molecule has 0 bridgehead atoms. The topological polar surface area (TPSA) is 67.2 Å². The number of nitrogens with one attached hydrogen (secondary N) is 2. The molecule has 0 aromatic heterocycles. The third kappa shape index (κ3) is 5.03. The number of hydrogen-bond acceptors (Lipinski definition) is 3. The van der Waals surface area contributed by atoms with E-state index < -0.39 is 0 Å². The summed E-state index contributed by atoms with van der Waals surface area (Å²) < 4.78 is 13.6. The highest BCUT2D eigenvalue weighted by atomic mass is 19.1. The second-order valence-corrected chi connectivity index (χ2v) is 5.82. The van der Waals surface area contributed by atoms with Crippen LogP contribution in [0, 0.1) is 5.82 Å². The van der Waals surface area contributed by atoms with Gasteiger partial charge in [0.1, 0.15) is 5.82 Å². The summed E-state index contributed by atoms with van der Waals surface area (Å²) in [5.41, 5.74) is 8.03. The van der Waals surface area contributed by atoms with Crippen LogP contribution in [0.5, 0.6) is 0 Å². The Morgan fingerprint density at radius 1 is 1.16 bits per heavy atom. The minimum absolute atomic E-state index is 0.160. The zero-order valence-corrected chi connectivity index (χ0v) is 14.8. The third-order valence-electron chi connectivity index (χ3n) is 4.24. The Morgan fingerprint density at radius 2 is 1.84 bits per heavy atom. The number of rotatable bonds is 5. The van der Waals surface area contributed by atoms with Crippen molar-refractivity contribution in [3.05, 3.63) is 65.5 Å². The van der Waals surface area contributed by atoms with E-state index in [9.17, 15) is 9.18 Å². The van der Waals surface area contributed by atoms with Crippen LogP contribution in [0.2, 0.25) is 0 Å². The molecular weight excluding hydrogens is 317 g/mol. The molecular formula is C20H26FN3O. The SMILES string of the molecule is CC.NC(=O)C1CCC(c2ccc(NCc3ccccc3F)cc2)N1. The van der Waals surface area contributed by atoms with Crippen molar-refractivity contribution in [1.29, 1.82) is 0 Å². The monoisotopic (exact) mass is 343 g/mol. The number of benzene rings is 2. The lowest BCUT2D eigenvalue weighted by atomic mass is 10.0. The number of carbonyl (C=O) groups is 1. The van der Waals surface area contributed by atoms with Crippen LogP contribution < -0.4 is 16.4 Å². The molecule has 134 valence electrons. The molecule has 1 aliphatic heterocycles. The Kier molecular flexibility index (Phi) is 6.95. The first-order valence-corrected chi connectivity index (χ1v) is 8.76. The molecule has 3 rings (SSSR count). The number of nitrogens with two attached hydrogens (primary N) is 1. The molecule has 1 aliphatic rings. The van der Waals surface area contributed by atoms with Gasteiger partial charge in [0.15, 0.2) is 0 Å². The lowest BCUT2D eigenvalue weighted by Crippen LogP contribution is -2.37. The Bertz CT molecular complexity index is 688. The summed E-state index contributed by atoms with van der Waals surface area (Å²) in [5.74, 6) is -0.500. The highest BCUT2D eigenvalue weighted by Crippen LogP contribution is 2.27. The van der Waals surface area contributed by atoms with Gasteiger partial charge in [-0.1, -0.05) is 44.2 Å². The standard InChI is InChI=1S/C18H20FN3O.C2H6/c19-15-4-2-1-3-13(15)11-21-14-7-5-12(6-8-14)16-9-10-17(22-16)18(20)23;1-2/h1-8,16-17,21-22H,9-11H2,(H2,20,23);1-2H3. The molecule has 2 aromatic rings. The highest BCUT2D eigenvalue weighted by Gasteiger charge is 2.28. The summed E-state index contributed by atoms with van der Waals surface area (Å²) in [5, 5.41) is 6.46. The summed E-state index contributed by atoms with van der Waals surface area (Å²) >= 11 is 0. The zero-order chi connectivity index (χ0) is 18.2. The Morgan fingerprint density at radius 3 is 2.44 bits per heavy atom. The molecule has 5 heteroatoms. The van der Waals surface area contributed by atoms with Gasteiger partial charge in [0.05, 0.1) is 6.04 Å². The zero-order valence-electron chi connectivity index (χ0n) is 14.8. The van der Waals surface area contributed by atoms with Crippen LogP contribution in [0.25, 0.3) is 0 Å². The quantitative estimate of drug-likeness (QED) is 0.775. The maximum absolute atomic E-state index is 13.6. The molecule has 1 saturated heterocycles. The number of anilines is 1. The fraction of sp³-hybridized carbons (Fsp3) is 0.350. The van der Waals surface area contributed by atoms with Gasteiger partial charge >= 0.3 is 0 Å². The summed E-state index contributed by atoms with van der Waals surface area (Å²) in [6, 6.07) is 14.6. The van der Waals surface area contributed by atoms with E-state index in [1.54, 1.807) is 12.1 Å². The lowest BCUT2D eigenvalue weighted by molar-refractivity contribution is -0.119. The van der Waals surface area contributed by atoms with Gasteiger partial charge in [-0.25, -0.2) is 4.39 Å². The first kappa shape index (κ1) is 18.9. The fourth-order valence-electron chi connectivity index (χ4n) is 2.90. The van der Waals surface area contributed by atoms with E-state index in [0.29, 0.717) is 12.1 Å². The maximum Gasteiger partial charge on any atom is 0.234 e. The molecule has 25 heavy (non-hydrogen) atoms. The maximum atomic E-state index is 13.6. The molecule has 2 atom stereocenters. The van der Waals surface area contributed by atoms with E-state index in [2.05, 4.69) is 10.6 Å². The number of hydrogen-bond donors (Lipinski definition) is 3. The van der Waals surface area contributed by atoms with Crippen molar-refractivity contribution in [2.24, 2.45) is 5.73 Å². The molecule has 0 aliphatic carbocycles. The van der Waals surface area contributed by atoms with Gasteiger partial charge in [-0.15, -0.1) is 0 Å². The van der Waals surface area contributed by atoms with Crippen molar-refractivity contribution >= 4 is 11.6 Å². The number of carbonyl (C=O) groups excluding carboxylic acids is 1. The van der Waals surface area contributed by atoms with E-state index in [1.807, 2.05) is 44.2 Å². The van der Waals surface area contributed by atoms with Gasteiger partial charge in [0, 0.05) is 23.8 Å². The van der Waals surface area contributed by atoms with Crippen LogP contribution in [0.15, 0.2) is 48.5 Å². The molecule has 2 aromatic carbocycles. The lowest BCUT2D eigenvalue weighted by Gasteiger charge is -2.14. The van der Waals surface area contributed by atoms with Crippen molar-refractivity contribution in [2.45, 2.75) is 45.3 Å². The average Bonchev–Trinajstić information content (AvgIpc) is 3.14. The summed E-state index contributed by atoms with van der Waals surface area (Å²) in [6.07, 6.45) is 1.67. The Labute approximate surface area is 148 Å². The van der Waals surface area contributed by atoms with E-state index in [0.717, 1.165) is 24.1 Å². The average molecular weight is 343 g/mol. The minimum atomic E-state index is -0.296. The molecule has 4 nitrogen and oxygen atoms in total. The summed E-state index contributed by atoms with van der Waals surface area (Å²) in [4.78, 5) is 11.2. The van der Waals surface area contributed by atoms with Crippen molar-refractivity contribution < 1.29 is 9.18 Å². The van der Waals surface area contributed by atoms with Crippen LogP contribution in [-0.4, -0.2) is 11.9 Å². The van der Waals surface area contributed by atoms with Crippen molar-refractivity contribution in [3.63, 3.8) is 0 Å². The van der Waals surface area contributed by atoms with E-state index in [4.69, 9.17) is 5.73 Å². The van der Waals surface area contributed by atoms with Gasteiger partial charge in [-0.3, -0.25) is 10.1 Å². The van der Waals surface area contributed by atoms with Crippen LogP contribution in [-0.2, 0) is 11.3 Å². The van der Waals surface area contributed by atoms with E-state index >= 15 is 0 Å². The van der Waals surface area contributed by atoms with Gasteiger partial charge in [0.2, 0.25) is 5.91 Å². The fourth-order valence-corrected chi connectivity index (χ4v) is 2.90. The number of primary amides is 1. The molecule has 4 N–H and O–H groups in total. The van der Waals surface area contributed by atoms with Crippen LogP contribution >= 0.6 is 0 Å². The predicted octanol–water partition coefficient (Wildman–Crippen LogP) is 3.74. The molecule has 0 radical (unpaired) electrons. The molecule has 0 spiro atoms. The molecule has 2 unspecified atom stereocenters. The molecule has 1 fully saturated rings. The predicted molar refractivity (Wildman–Crippen MR) is 99.6 cm³/mol.